The van der Waals surface area contributed by atoms with Crippen LogP contribution in [0, 0.1) is 6.92 Å². The largest absolute Gasteiger partial charge is 0.372 e. The first kappa shape index (κ1) is 17.5. The maximum absolute atomic E-state index is 6.10. The second-order valence-corrected chi connectivity index (χ2v) is 6.84. The monoisotopic (exact) mass is 361 g/mol. The molecule has 1 fully saturated rings. The Morgan fingerprint density at radius 3 is 2.93 bits per heavy atom. The molecule has 0 saturated carbocycles. The topological polar surface area (TPSA) is 64.0 Å². The fourth-order valence-electron chi connectivity index (χ4n) is 3.37. The average Bonchev–Trinajstić information content (AvgIpc) is 2.74. The van der Waals surface area contributed by atoms with Crippen molar-refractivity contribution in [2.24, 2.45) is 0 Å². The molecule has 3 heterocycles. The van der Waals surface area contributed by atoms with Crippen molar-refractivity contribution in [1.29, 1.82) is 0 Å². The van der Waals surface area contributed by atoms with Crippen LogP contribution >= 0.6 is 0 Å². The Morgan fingerprint density at radius 2 is 2.07 bits per heavy atom. The van der Waals surface area contributed by atoms with Crippen LogP contribution in [-0.4, -0.2) is 39.4 Å². The van der Waals surface area contributed by atoms with Crippen LogP contribution in [0.1, 0.15) is 24.0 Å². The van der Waals surface area contributed by atoms with Crippen molar-refractivity contribution in [2.45, 2.75) is 32.5 Å². The third-order valence-electron chi connectivity index (χ3n) is 4.84. The van der Waals surface area contributed by atoms with Crippen molar-refractivity contribution in [3.05, 3.63) is 66.1 Å². The summed E-state index contributed by atoms with van der Waals surface area (Å²) < 4.78 is 6.10. The van der Waals surface area contributed by atoms with E-state index in [4.69, 9.17) is 9.72 Å². The summed E-state index contributed by atoms with van der Waals surface area (Å²) in [6, 6.07) is 12.2. The van der Waals surface area contributed by atoms with Gasteiger partial charge in [0.15, 0.2) is 0 Å². The van der Waals surface area contributed by atoms with Gasteiger partial charge < -0.3 is 9.64 Å². The number of nitrogens with zero attached hydrogens (tertiary/aromatic N) is 5. The van der Waals surface area contributed by atoms with E-state index >= 15 is 0 Å². The highest BCUT2D eigenvalue weighted by Crippen LogP contribution is 2.23. The number of aromatic nitrogens is 4. The van der Waals surface area contributed by atoms with Crippen molar-refractivity contribution in [1.82, 2.24) is 20.2 Å². The molecule has 1 aromatic carbocycles. The molecule has 6 heteroatoms. The molecule has 6 nitrogen and oxygen atoms in total. The molecule has 27 heavy (non-hydrogen) atoms. The van der Waals surface area contributed by atoms with E-state index in [0.29, 0.717) is 12.6 Å². The second kappa shape index (κ2) is 8.22. The SMILES string of the molecule is Cc1ccccc1-c1cnnc(N2CCCC(OCc3cccnc3)C2)n1. The summed E-state index contributed by atoms with van der Waals surface area (Å²) in [6.07, 6.45) is 7.60. The van der Waals surface area contributed by atoms with Gasteiger partial charge in [0.2, 0.25) is 5.95 Å². The van der Waals surface area contributed by atoms with Gasteiger partial charge in [-0.15, -0.1) is 5.10 Å². The van der Waals surface area contributed by atoms with Crippen LogP contribution in [0.15, 0.2) is 55.0 Å². The lowest BCUT2D eigenvalue weighted by Crippen LogP contribution is -2.40. The van der Waals surface area contributed by atoms with Gasteiger partial charge in [-0.2, -0.15) is 5.10 Å². The Bertz CT molecular complexity index is 887. The van der Waals surface area contributed by atoms with Gasteiger partial charge >= 0.3 is 0 Å². The van der Waals surface area contributed by atoms with Crippen LogP contribution in [-0.2, 0) is 11.3 Å². The number of hydrogen-bond donors (Lipinski definition) is 0. The van der Waals surface area contributed by atoms with Crippen molar-refractivity contribution >= 4 is 5.95 Å². The summed E-state index contributed by atoms with van der Waals surface area (Å²) in [7, 11) is 0. The summed E-state index contributed by atoms with van der Waals surface area (Å²) in [5.41, 5.74) is 4.22. The average molecular weight is 361 g/mol. The Hall–Kier alpha value is -2.86. The van der Waals surface area contributed by atoms with E-state index in [0.717, 1.165) is 42.8 Å². The highest BCUT2D eigenvalue weighted by atomic mass is 16.5. The van der Waals surface area contributed by atoms with Gasteiger partial charge in [-0.3, -0.25) is 4.98 Å². The predicted octanol–water partition coefficient (Wildman–Crippen LogP) is 3.43. The van der Waals surface area contributed by atoms with Gasteiger partial charge in [-0.1, -0.05) is 30.3 Å². The van der Waals surface area contributed by atoms with E-state index in [1.54, 1.807) is 12.4 Å². The number of anilines is 1. The van der Waals surface area contributed by atoms with Crippen molar-refractivity contribution in [2.75, 3.05) is 18.0 Å². The number of ether oxygens (including phenoxy) is 1. The van der Waals surface area contributed by atoms with E-state index < -0.39 is 0 Å². The highest BCUT2D eigenvalue weighted by Gasteiger charge is 2.23. The third-order valence-corrected chi connectivity index (χ3v) is 4.84. The number of pyridine rings is 1. The fraction of sp³-hybridized carbons (Fsp3) is 0.333. The van der Waals surface area contributed by atoms with E-state index in [1.165, 1.54) is 5.56 Å². The summed E-state index contributed by atoms with van der Waals surface area (Å²) >= 11 is 0. The number of rotatable bonds is 5. The number of aryl methyl sites for hydroxylation is 1. The standard InChI is InChI=1S/C21H23N5O/c1-16-6-2-3-9-19(16)20-13-23-25-21(24-20)26-11-5-8-18(14-26)27-15-17-7-4-10-22-12-17/h2-4,6-7,9-10,12-13,18H,5,8,11,14-15H2,1H3. The Kier molecular flexibility index (Phi) is 5.34. The molecule has 0 bridgehead atoms. The number of piperidine rings is 1. The number of hydrogen-bond acceptors (Lipinski definition) is 6. The zero-order valence-corrected chi connectivity index (χ0v) is 15.5. The molecule has 2 aromatic heterocycles. The molecule has 1 aliphatic rings. The normalized spacial score (nSPS) is 17.1. The lowest BCUT2D eigenvalue weighted by Gasteiger charge is -2.32. The van der Waals surface area contributed by atoms with Gasteiger partial charge in [0.25, 0.3) is 0 Å². The van der Waals surface area contributed by atoms with Crippen molar-refractivity contribution in [3.63, 3.8) is 0 Å². The van der Waals surface area contributed by atoms with Gasteiger partial charge in [-0.25, -0.2) is 4.98 Å². The molecule has 0 spiro atoms. The van der Waals surface area contributed by atoms with Crippen LogP contribution in [0.2, 0.25) is 0 Å². The van der Waals surface area contributed by atoms with Gasteiger partial charge in [0.05, 0.1) is 24.6 Å². The molecule has 4 rings (SSSR count). The minimum absolute atomic E-state index is 0.157. The fourth-order valence-corrected chi connectivity index (χ4v) is 3.37. The molecule has 138 valence electrons. The molecule has 1 saturated heterocycles. The molecule has 0 radical (unpaired) electrons. The highest BCUT2D eigenvalue weighted by molar-refractivity contribution is 5.63. The molecule has 3 aromatic rings. The molecule has 1 unspecified atom stereocenters. The molecule has 0 amide bonds. The van der Waals surface area contributed by atoms with Crippen molar-refractivity contribution < 1.29 is 4.74 Å². The Morgan fingerprint density at radius 1 is 1.15 bits per heavy atom. The summed E-state index contributed by atoms with van der Waals surface area (Å²) in [5, 5.41) is 8.46. The smallest absolute Gasteiger partial charge is 0.245 e. The van der Waals surface area contributed by atoms with Gasteiger partial charge in [-0.05, 0) is 37.0 Å². The predicted molar refractivity (Wildman–Crippen MR) is 104 cm³/mol. The molecule has 1 aliphatic heterocycles. The summed E-state index contributed by atoms with van der Waals surface area (Å²) in [4.78, 5) is 11.1. The minimum atomic E-state index is 0.157. The quantitative estimate of drug-likeness (QED) is 0.694. The van der Waals surface area contributed by atoms with Crippen molar-refractivity contribution in [3.8, 4) is 11.3 Å². The van der Waals surface area contributed by atoms with Crippen LogP contribution in [0.5, 0.6) is 0 Å². The van der Waals surface area contributed by atoms with E-state index in [-0.39, 0.29) is 6.10 Å². The zero-order valence-electron chi connectivity index (χ0n) is 15.5. The molecular formula is C21H23N5O. The first-order valence-corrected chi connectivity index (χ1v) is 9.31. The lowest BCUT2D eigenvalue weighted by molar-refractivity contribution is 0.0311. The van der Waals surface area contributed by atoms with Crippen LogP contribution in [0.25, 0.3) is 11.3 Å². The van der Waals surface area contributed by atoms with E-state index in [1.807, 2.05) is 30.5 Å². The van der Waals surface area contributed by atoms with Gasteiger partial charge in [0.1, 0.15) is 0 Å². The lowest BCUT2D eigenvalue weighted by atomic mass is 10.1. The van der Waals surface area contributed by atoms with Crippen LogP contribution < -0.4 is 4.90 Å². The molecule has 0 aliphatic carbocycles. The minimum Gasteiger partial charge on any atom is -0.372 e. The number of benzene rings is 1. The first-order chi connectivity index (χ1) is 13.3. The third kappa shape index (κ3) is 4.28. The Balaban J connectivity index is 1.45. The Labute approximate surface area is 159 Å². The first-order valence-electron chi connectivity index (χ1n) is 9.31. The van der Waals surface area contributed by atoms with E-state index in [9.17, 15) is 0 Å². The maximum Gasteiger partial charge on any atom is 0.245 e. The van der Waals surface area contributed by atoms with Crippen LogP contribution in [0.4, 0.5) is 5.95 Å². The maximum atomic E-state index is 6.10. The molecule has 0 N–H and O–H groups in total. The second-order valence-electron chi connectivity index (χ2n) is 6.84. The summed E-state index contributed by atoms with van der Waals surface area (Å²) in [5.74, 6) is 0.672. The summed E-state index contributed by atoms with van der Waals surface area (Å²) in [6.45, 7) is 4.36. The van der Waals surface area contributed by atoms with Gasteiger partial charge in [0, 0.05) is 31.0 Å². The van der Waals surface area contributed by atoms with Crippen LogP contribution in [0.3, 0.4) is 0 Å². The molecular weight excluding hydrogens is 338 g/mol. The zero-order chi connectivity index (χ0) is 18.5. The molecule has 1 atom stereocenters. The van der Waals surface area contributed by atoms with E-state index in [2.05, 4.69) is 39.1 Å².